The van der Waals surface area contributed by atoms with Crippen molar-refractivity contribution in [2.75, 3.05) is 6.73 Å². The van der Waals surface area contributed by atoms with E-state index in [0.717, 1.165) is 0 Å². The number of hydrogen-bond donors (Lipinski definition) is 1. The van der Waals surface area contributed by atoms with Crippen molar-refractivity contribution in [3.8, 4) is 0 Å². The Labute approximate surface area is 23.5 Å². The summed E-state index contributed by atoms with van der Waals surface area (Å²) in [4.78, 5) is 2.29. The molecule has 0 aliphatic rings. The minimum absolute atomic E-state index is 0.500. The zero-order chi connectivity index (χ0) is 3.41. The Kier molecular flexibility index (Phi) is 2.01. The Bertz CT molecular complexity index is 35.8. The van der Waals surface area contributed by atoms with Crippen LogP contribution in [-0.2, 0) is 0 Å². The lowest BCUT2D eigenvalue weighted by atomic mass is 11.4. The number of hydrogen-bond acceptors (Lipinski definition) is 2. The van der Waals surface area contributed by atoms with E-state index in [0.29, 0.717) is 0 Å². The zero-order valence-electron chi connectivity index (χ0n) is 2.05. The van der Waals surface area contributed by atoms with Crippen molar-refractivity contribution in [1.29, 1.82) is 5.39 Å². The summed E-state index contributed by atoms with van der Waals surface area (Å²) in [6.07, 6.45) is 0. The molecule has 0 aliphatic carbocycles. The molecule has 0 unspecified atom stereocenters. The Morgan fingerprint density at radius 3 is 2.25 bits per heavy atom. The van der Waals surface area contributed by atoms with E-state index < -0.39 is 6.73 Å². The molecule has 0 amide bonds. The minimum Gasteiger partial charge on any atom is -0.322 e. The molecule has 1 N–H and O–H groups in total. The van der Waals surface area contributed by atoms with E-state index in [4.69, 9.17) is 10.5 Å². The van der Waals surface area contributed by atoms with Crippen molar-refractivity contribution in [2.45, 2.75) is 0 Å². The maximum atomic E-state index is 7.46. The summed E-state index contributed by atoms with van der Waals surface area (Å²) in [6.45, 7) is -0.500. The molecule has 0 atom stereocenters. The largest absolute Gasteiger partial charge is 0.408 e. The molecule has 0 aliphatic heterocycles. The average Bonchev–Trinajstić information content (AvgIpc) is 1.37. The molecular weight excluding hydrogens is 56.0 g/mol. The van der Waals surface area contributed by atoms with Crippen LogP contribution in [0.1, 0.15) is 0 Å². The van der Waals surface area contributed by atoms with E-state index in [-0.39, 0.29) is 0 Å². The van der Waals surface area contributed by atoms with Gasteiger partial charge in [0.25, 0.3) is 0 Å². The van der Waals surface area contributed by atoms with Gasteiger partial charge in [-0.25, -0.2) is 0 Å². The number of aliphatic hydroxyl groups excluding tert-OH is 1. The Morgan fingerprint density at radius 1 is 2.00 bits per heavy atom. The normalized spacial score (nSPS) is 5.00. The third-order valence-corrected chi connectivity index (χ3v) is 0.0632. The number of aliphatic hydroxyl groups is 1. The van der Waals surface area contributed by atoms with Crippen LogP contribution >= 0.6 is 0 Å². The van der Waals surface area contributed by atoms with Crippen LogP contribution in [0.2, 0.25) is 0 Å². The Balaban J connectivity index is 2.43. The van der Waals surface area contributed by atoms with Gasteiger partial charge in [-0.3, -0.25) is 0 Å². The topological polar surface area (TPSA) is 48.4 Å². The van der Waals surface area contributed by atoms with Gasteiger partial charge in [-0.1, -0.05) is 0 Å². The van der Waals surface area contributed by atoms with Crippen molar-refractivity contribution in [3.63, 3.8) is 0 Å². The zero-order valence-corrected chi connectivity index (χ0v) is 2.05. The SMILES string of the molecule is N#[N+]CO. The first-order valence-electron chi connectivity index (χ1n) is 0.832. The number of diazo groups is 1. The lowest BCUT2D eigenvalue weighted by molar-refractivity contribution is 0.338. The van der Waals surface area contributed by atoms with Gasteiger partial charge in [-0.15, -0.1) is 0 Å². The van der Waals surface area contributed by atoms with Crippen molar-refractivity contribution >= 4 is 0 Å². The maximum Gasteiger partial charge on any atom is 0.408 e. The first kappa shape index (κ1) is 3.38. The highest BCUT2D eigenvalue weighted by molar-refractivity contribution is 4.29. The van der Waals surface area contributed by atoms with Gasteiger partial charge in [0.15, 0.2) is 0 Å². The molecule has 0 aromatic carbocycles. The van der Waals surface area contributed by atoms with Crippen LogP contribution in [0.15, 0.2) is 0 Å². The molecule has 0 heterocycles. The standard InChI is InChI=1S/CH3N2O/c2-3-1-4/h4H,1H2/q+1. The minimum atomic E-state index is -0.500. The monoisotopic (exact) mass is 59.0 g/mol. The summed E-state index contributed by atoms with van der Waals surface area (Å²) < 4.78 is 0. The van der Waals surface area contributed by atoms with Gasteiger partial charge in [0.05, 0.1) is 0 Å². The summed E-state index contributed by atoms with van der Waals surface area (Å²) in [6, 6.07) is 0. The highest BCUT2D eigenvalue weighted by atomic mass is 16.3. The van der Waals surface area contributed by atoms with Crippen LogP contribution in [0.3, 0.4) is 0 Å². The van der Waals surface area contributed by atoms with E-state index in [1.54, 1.807) is 0 Å². The maximum absolute atomic E-state index is 7.46. The summed E-state index contributed by atoms with van der Waals surface area (Å²) in [5, 5.41) is 14.7. The van der Waals surface area contributed by atoms with Crippen LogP contribution in [0.4, 0.5) is 0 Å². The number of nitrogens with zero attached hydrogens (tertiary/aromatic N) is 2. The van der Waals surface area contributed by atoms with E-state index in [1.165, 1.54) is 0 Å². The molecular formula is CH3N2O+. The first-order chi connectivity index (χ1) is 1.91. The fourth-order valence-electron chi connectivity index (χ4n) is 0. The highest BCUT2D eigenvalue weighted by Gasteiger charge is 1.68. The van der Waals surface area contributed by atoms with Gasteiger partial charge in [-0.2, -0.15) is 0 Å². The smallest absolute Gasteiger partial charge is 0.322 e. The van der Waals surface area contributed by atoms with Crippen LogP contribution in [0.5, 0.6) is 0 Å². The molecule has 4 heavy (non-hydrogen) atoms. The van der Waals surface area contributed by atoms with Crippen LogP contribution < -0.4 is 0 Å². The second-order valence-corrected chi connectivity index (χ2v) is 0.283. The van der Waals surface area contributed by atoms with Crippen molar-refractivity contribution in [3.05, 3.63) is 4.98 Å². The van der Waals surface area contributed by atoms with Crippen molar-refractivity contribution in [2.24, 2.45) is 0 Å². The molecule has 0 fully saturated rings. The predicted molar refractivity (Wildman–Crippen MR) is 12.2 cm³/mol. The molecule has 0 saturated carbocycles. The van der Waals surface area contributed by atoms with Crippen LogP contribution in [0.25, 0.3) is 4.98 Å². The molecule has 0 spiro atoms. The molecule has 3 nitrogen and oxygen atoms in total. The Morgan fingerprint density at radius 2 is 2.25 bits per heavy atom. The van der Waals surface area contributed by atoms with Gasteiger partial charge < -0.3 is 5.11 Å². The second-order valence-electron chi connectivity index (χ2n) is 0.283. The van der Waals surface area contributed by atoms with E-state index >= 15 is 0 Å². The lowest BCUT2D eigenvalue weighted by Gasteiger charge is -1.35. The quantitative estimate of drug-likeness (QED) is 0.392. The van der Waals surface area contributed by atoms with Crippen LogP contribution in [-0.4, -0.2) is 11.8 Å². The average molecular weight is 59.0 g/mol. The molecule has 3 heteroatoms. The predicted octanol–water partition coefficient (Wildman–Crippen LogP) is -0.211. The Hall–Kier alpha value is -0.620. The fraction of sp³-hybridized carbons (Fsp3) is 1.00. The summed E-state index contributed by atoms with van der Waals surface area (Å²) in [5.41, 5.74) is 0. The van der Waals surface area contributed by atoms with Gasteiger partial charge in [0.1, 0.15) is 4.98 Å². The number of rotatable bonds is 0. The van der Waals surface area contributed by atoms with Crippen molar-refractivity contribution < 1.29 is 5.11 Å². The molecule has 0 rings (SSSR count). The summed E-state index contributed by atoms with van der Waals surface area (Å²) in [5.74, 6) is 0. The third kappa shape index (κ3) is 1.38. The van der Waals surface area contributed by atoms with E-state index in [1.807, 2.05) is 0 Å². The lowest BCUT2D eigenvalue weighted by Crippen LogP contribution is -1.58. The van der Waals surface area contributed by atoms with Crippen LogP contribution in [0, 0.1) is 5.39 Å². The summed E-state index contributed by atoms with van der Waals surface area (Å²) in [7, 11) is 0. The van der Waals surface area contributed by atoms with Gasteiger partial charge in [-0.05, 0) is 0 Å². The molecule has 0 aromatic rings. The van der Waals surface area contributed by atoms with E-state index in [2.05, 4.69) is 4.98 Å². The molecule has 0 radical (unpaired) electrons. The second kappa shape index (κ2) is 2.38. The van der Waals surface area contributed by atoms with Gasteiger partial charge >= 0.3 is 6.73 Å². The third-order valence-electron chi connectivity index (χ3n) is 0.0632. The fourth-order valence-corrected chi connectivity index (χ4v) is 0. The van der Waals surface area contributed by atoms with Crippen molar-refractivity contribution in [1.82, 2.24) is 0 Å². The summed E-state index contributed by atoms with van der Waals surface area (Å²) >= 11 is 0. The molecule has 0 aromatic heterocycles. The molecule has 0 bridgehead atoms. The highest BCUT2D eigenvalue weighted by Crippen LogP contribution is 1.45. The molecule has 22 valence electrons. The van der Waals surface area contributed by atoms with Gasteiger partial charge in [0.2, 0.25) is 5.39 Å². The first-order valence-corrected chi connectivity index (χ1v) is 0.832. The molecule has 0 saturated heterocycles. The van der Waals surface area contributed by atoms with E-state index in [9.17, 15) is 0 Å². The van der Waals surface area contributed by atoms with Gasteiger partial charge in [0, 0.05) is 0 Å².